The van der Waals surface area contributed by atoms with E-state index in [-0.39, 0.29) is 6.10 Å². The van der Waals surface area contributed by atoms with Crippen molar-refractivity contribution in [3.8, 4) is 0 Å². The number of aliphatic hydroxyl groups excluding tert-OH is 1. The van der Waals surface area contributed by atoms with Gasteiger partial charge in [-0.3, -0.25) is 4.90 Å². The number of hydrogen-bond donors (Lipinski definition) is 2. The lowest BCUT2D eigenvalue weighted by Gasteiger charge is -2.31. The lowest BCUT2D eigenvalue weighted by Crippen LogP contribution is -2.51. The molecule has 0 amide bonds. The van der Waals surface area contributed by atoms with E-state index in [1.807, 2.05) is 0 Å². The Morgan fingerprint density at radius 2 is 2.30 bits per heavy atom. The molecule has 0 aromatic carbocycles. The number of piperazine rings is 1. The fourth-order valence-electron chi connectivity index (χ4n) is 1.92. The first-order chi connectivity index (χ1) is 4.88. The van der Waals surface area contributed by atoms with Crippen LogP contribution in [0.5, 0.6) is 0 Å². The molecular weight excluding hydrogens is 128 g/mol. The molecule has 0 aromatic heterocycles. The van der Waals surface area contributed by atoms with E-state index in [9.17, 15) is 5.11 Å². The molecule has 0 saturated carbocycles. The Kier molecular flexibility index (Phi) is 1.64. The van der Waals surface area contributed by atoms with Crippen LogP contribution in [0.4, 0.5) is 0 Å². The predicted molar refractivity (Wildman–Crippen MR) is 38.9 cm³/mol. The summed E-state index contributed by atoms with van der Waals surface area (Å²) in [5, 5.41) is 12.7. The van der Waals surface area contributed by atoms with Gasteiger partial charge in [-0.2, -0.15) is 0 Å². The molecule has 58 valence electrons. The Hall–Kier alpha value is -0.120. The zero-order valence-electron chi connectivity index (χ0n) is 6.08. The lowest BCUT2D eigenvalue weighted by atomic mass is 10.1. The van der Waals surface area contributed by atoms with Crippen LogP contribution in [0.3, 0.4) is 0 Å². The highest BCUT2D eigenvalue weighted by Gasteiger charge is 2.33. The van der Waals surface area contributed by atoms with Gasteiger partial charge in [0.25, 0.3) is 0 Å². The van der Waals surface area contributed by atoms with Crippen molar-refractivity contribution in [1.82, 2.24) is 10.2 Å². The van der Waals surface area contributed by atoms with E-state index in [4.69, 9.17) is 0 Å². The molecule has 2 N–H and O–H groups in total. The molecule has 2 aliphatic heterocycles. The van der Waals surface area contributed by atoms with Gasteiger partial charge >= 0.3 is 0 Å². The number of aliphatic hydroxyl groups is 1. The highest BCUT2D eigenvalue weighted by Crippen LogP contribution is 2.18. The van der Waals surface area contributed by atoms with Gasteiger partial charge in [-0.1, -0.05) is 0 Å². The van der Waals surface area contributed by atoms with Gasteiger partial charge in [0, 0.05) is 32.2 Å². The van der Waals surface area contributed by atoms with Crippen LogP contribution in [0.15, 0.2) is 0 Å². The summed E-state index contributed by atoms with van der Waals surface area (Å²) in [5.74, 6) is 0. The minimum Gasteiger partial charge on any atom is -0.391 e. The number of hydrogen-bond acceptors (Lipinski definition) is 3. The van der Waals surface area contributed by atoms with E-state index < -0.39 is 0 Å². The summed E-state index contributed by atoms with van der Waals surface area (Å²) in [6.07, 6.45) is 0.889. The number of fused-ring (bicyclic) bond motifs is 1. The summed E-state index contributed by atoms with van der Waals surface area (Å²) in [5.41, 5.74) is 0. The van der Waals surface area contributed by atoms with Crippen molar-refractivity contribution in [3.63, 3.8) is 0 Å². The van der Waals surface area contributed by atoms with Crippen LogP contribution >= 0.6 is 0 Å². The molecule has 2 saturated heterocycles. The van der Waals surface area contributed by atoms with Gasteiger partial charge < -0.3 is 10.4 Å². The fraction of sp³-hybridized carbons (Fsp3) is 1.00. The summed E-state index contributed by atoms with van der Waals surface area (Å²) in [7, 11) is 0. The third-order valence-corrected chi connectivity index (χ3v) is 2.55. The van der Waals surface area contributed by atoms with E-state index in [1.165, 1.54) is 0 Å². The minimum absolute atomic E-state index is 0.0761. The second kappa shape index (κ2) is 2.49. The largest absolute Gasteiger partial charge is 0.391 e. The first-order valence-corrected chi connectivity index (χ1v) is 4.01. The highest BCUT2D eigenvalue weighted by molar-refractivity contribution is 4.91. The second-order valence-corrected chi connectivity index (χ2v) is 3.16. The second-order valence-electron chi connectivity index (χ2n) is 3.16. The van der Waals surface area contributed by atoms with Crippen LogP contribution in [-0.4, -0.2) is 48.3 Å². The zero-order chi connectivity index (χ0) is 6.97. The van der Waals surface area contributed by atoms with Crippen LogP contribution in [0, 0.1) is 0 Å². The molecule has 2 fully saturated rings. The summed E-state index contributed by atoms with van der Waals surface area (Å²) in [6, 6.07) is 0.411. The first kappa shape index (κ1) is 6.58. The van der Waals surface area contributed by atoms with Gasteiger partial charge in [0.1, 0.15) is 0 Å². The molecule has 2 aliphatic rings. The van der Waals surface area contributed by atoms with Gasteiger partial charge in [-0.25, -0.2) is 0 Å². The van der Waals surface area contributed by atoms with Gasteiger partial charge in [-0.15, -0.1) is 0 Å². The topological polar surface area (TPSA) is 35.5 Å². The van der Waals surface area contributed by atoms with E-state index in [0.717, 1.165) is 32.6 Å². The van der Waals surface area contributed by atoms with Crippen LogP contribution in [0.1, 0.15) is 6.42 Å². The van der Waals surface area contributed by atoms with E-state index >= 15 is 0 Å². The molecule has 3 nitrogen and oxygen atoms in total. The van der Waals surface area contributed by atoms with Crippen LogP contribution in [-0.2, 0) is 0 Å². The van der Waals surface area contributed by atoms with Crippen molar-refractivity contribution in [2.75, 3.05) is 26.2 Å². The molecule has 1 unspecified atom stereocenters. The average molecular weight is 142 g/mol. The number of nitrogens with zero attached hydrogens (tertiary/aromatic N) is 1. The molecule has 0 radical (unpaired) electrons. The normalized spacial score (nSPS) is 41.7. The van der Waals surface area contributed by atoms with Gasteiger partial charge in [0.05, 0.1) is 6.10 Å². The average Bonchev–Trinajstić information content (AvgIpc) is 2.34. The van der Waals surface area contributed by atoms with E-state index in [0.29, 0.717) is 6.04 Å². The van der Waals surface area contributed by atoms with Crippen LogP contribution < -0.4 is 5.32 Å². The highest BCUT2D eigenvalue weighted by atomic mass is 16.3. The molecule has 0 spiro atoms. The Bertz CT molecular complexity index is 127. The number of rotatable bonds is 0. The molecule has 0 bridgehead atoms. The van der Waals surface area contributed by atoms with Crippen LogP contribution in [0.2, 0.25) is 0 Å². The maximum Gasteiger partial charge on any atom is 0.0719 e. The van der Waals surface area contributed by atoms with Crippen LogP contribution in [0.25, 0.3) is 0 Å². The van der Waals surface area contributed by atoms with Crippen molar-refractivity contribution < 1.29 is 5.11 Å². The fourth-order valence-corrected chi connectivity index (χ4v) is 1.92. The Morgan fingerprint density at radius 3 is 3.10 bits per heavy atom. The van der Waals surface area contributed by atoms with Crippen molar-refractivity contribution in [1.29, 1.82) is 0 Å². The van der Waals surface area contributed by atoms with Gasteiger partial charge in [-0.05, 0) is 6.42 Å². The standard InChI is InChI=1S/C7H14N2O/c10-7-1-3-9-4-2-8-5-6(7)9/h6-8,10H,1-5H2/t6-,7?/m1/s1. The molecule has 10 heavy (non-hydrogen) atoms. The summed E-state index contributed by atoms with van der Waals surface area (Å²) < 4.78 is 0. The lowest BCUT2D eigenvalue weighted by molar-refractivity contribution is 0.100. The maximum atomic E-state index is 9.44. The Labute approximate surface area is 61.0 Å². The molecule has 0 aliphatic carbocycles. The third-order valence-electron chi connectivity index (χ3n) is 2.55. The van der Waals surface area contributed by atoms with Crippen molar-refractivity contribution >= 4 is 0 Å². The molecule has 2 atom stereocenters. The SMILES string of the molecule is OC1CCN2CCNC[C@H]12. The molecule has 2 heterocycles. The van der Waals surface area contributed by atoms with E-state index in [2.05, 4.69) is 10.2 Å². The monoisotopic (exact) mass is 142 g/mol. The zero-order valence-corrected chi connectivity index (χ0v) is 6.08. The van der Waals surface area contributed by atoms with Gasteiger partial charge in [0.2, 0.25) is 0 Å². The summed E-state index contributed by atoms with van der Waals surface area (Å²) >= 11 is 0. The minimum atomic E-state index is -0.0761. The summed E-state index contributed by atoms with van der Waals surface area (Å²) in [6.45, 7) is 4.26. The quantitative estimate of drug-likeness (QED) is 0.456. The van der Waals surface area contributed by atoms with Gasteiger partial charge in [0.15, 0.2) is 0 Å². The predicted octanol–water partition coefficient (Wildman–Crippen LogP) is -0.975. The smallest absolute Gasteiger partial charge is 0.0719 e. The van der Waals surface area contributed by atoms with Crippen molar-refractivity contribution in [3.05, 3.63) is 0 Å². The molecule has 2 rings (SSSR count). The third kappa shape index (κ3) is 0.944. The van der Waals surface area contributed by atoms with E-state index in [1.54, 1.807) is 0 Å². The molecule has 0 aromatic rings. The Morgan fingerprint density at radius 1 is 1.40 bits per heavy atom. The van der Waals surface area contributed by atoms with Crippen molar-refractivity contribution in [2.24, 2.45) is 0 Å². The first-order valence-electron chi connectivity index (χ1n) is 4.01. The number of nitrogens with one attached hydrogen (secondary N) is 1. The maximum absolute atomic E-state index is 9.44. The Balaban J connectivity index is 2.01. The summed E-state index contributed by atoms with van der Waals surface area (Å²) in [4.78, 5) is 2.38. The van der Waals surface area contributed by atoms with Crippen molar-refractivity contribution in [2.45, 2.75) is 18.6 Å². The molecule has 3 heteroatoms. The molecular formula is C7H14N2O.